The summed E-state index contributed by atoms with van der Waals surface area (Å²) in [6.45, 7) is 6.23. The van der Waals surface area contributed by atoms with Crippen molar-refractivity contribution in [1.82, 2.24) is 14.9 Å². The molecule has 102 valence electrons. The molecule has 0 saturated carbocycles. The number of nitrogens with zero attached hydrogens (tertiary/aromatic N) is 2. The number of ether oxygens (including phenoxy) is 1. The Kier molecular flexibility index (Phi) is 5.53. The fourth-order valence-electron chi connectivity index (χ4n) is 2.67. The van der Waals surface area contributed by atoms with Crippen molar-refractivity contribution in [2.45, 2.75) is 58.2 Å². The largest absolute Gasteiger partial charge is 0.378 e. The number of hydrogen-bond donors (Lipinski definition) is 1. The molecule has 1 aromatic rings. The van der Waals surface area contributed by atoms with Crippen LogP contribution in [0.5, 0.6) is 0 Å². The average Bonchev–Trinajstić information content (AvgIpc) is 2.92. The van der Waals surface area contributed by atoms with Crippen LogP contribution in [0.25, 0.3) is 0 Å². The highest BCUT2D eigenvalue weighted by Gasteiger charge is 2.27. The zero-order valence-corrected chi connectivity index (χ0v) is 12.1. The van der Waals surface area contributed by atoms with Gasteiger partial charge < -0.3 is 10.1 Å². The normalized spacial score (nSPS) is 24.6. The first-order valence-electron chi connectivity index (χ1n) is 6.94. The van der Waals surface area contributed by atoms with E-state index in [1.807, 2.05) is 5.38 Å². The molecule has 1 aliphatic heterocycles. The van der Waals surface area contributed by atoms with E-state index in [0.717, 1.165) is 31.7 Å². The highest BCUT2D eigenvalue weighted by atomic mass is 32.1. The Balaban J connectivity index is 1.79. The smallest absolute Gasteiger partial charge is 0.0893 e. The molecule has 0 bridgehead atoms. The second-order valence-electron chi connectivity index (χ2n) is 4.98. The summed E-state index contributed by atoms with van der Waals surface area (Å²) in [4.78, 5) is 0. The number of hydrogen-bond acceptors (Lipinski definition) is 5. The Labute approximate surface area is 113 Å². The minimum Gasteiger partial charge on any atom is -0.378 e. The van der Waals surface area contributed by atoms with Gasteiger partial charge in [0, 0.05) is 24.6 Å². The van der Waals surface area contributed by atoms with E-state index < -0.39 is 0 Å². The Hall–Kier alpha value is -0.520. The van der Waals surface area contributed by atoms with Crippen LogP contribution in [0.15, 0.2) is 5.38 Å². The van der Waals surface area contributed by atoms with Gasteiger partial charge in [0.05, 0.1) is 11.8 Å². The third-order valence-corrected chi connectivity index (χ3v) is 4.42. The Morgan fingerprint density at radius 2 is 2.33 bits per heavy atom. The van der Waals surface area contributed by atoms with Gasteiger partial charge in [-0.15, -0.1) is 5.10 Å². The van der Waals surface area contributed by atoms with Crippen LogP contribution in [0, 0.1) is 5.92 Å². The zero-order valence-electron chi connectivity index (χ0n) is 11.3. The van der Waals surface area contributed by atoms with Crippen molar-refractivity contribution in [2.75, 3.05) is 6.61 Å². The lowest BCUT2D eigenvalue weighted by atomic mass is 9.89. The second kappa shape index (κ2) is 7.16. The molecule has 1 aliphatic rings. The van der Waals surface area contributed by atoms with E-state index in [1.165, 1.54) is 24.4 Å². The van der Waals surface area contributed by atoms with Crippen LogP contribution in [0.2, 0.25) is 0 Å². The fourth-order valence-corrected chi connectivity index (χ4v) is 3.12. The van der Waals surface area contributed by atoms with Crippen molar-refractivity contribution in [3.8, 4) is 0 Å². The van der Waals surface area contributed by atoms with Crippen LogP contribution in [0.3, 0.4) is 0 Å². The average molecular weight is 269 g/mol. The summed E-state index contributed by atoms with van der Waals surface area (Å²) in [7, 11) is 0. The van der Waals surface area contributed by atoms with Gasteiger partial charge in [0.25, 0.3) is 0 Å². The van der Waals surface area contributed by atoms with E-state index in [2.05, 4.69) is 28.8 Å². The Morgan fingerprint density at radius 3 is 3.00 bits per heavy atom. The maximum Gasteiger partial charge on any atom is 0.0893 e. The van der Waals surface area contributed by atoms with Crippen molar-refractivity contribution in [3.63, 3.8) is 0 Å². The van der Waals surface area contributed by atoms with E-state index >= 15 is 0 Å². The van der Waals surface area contributed by atoms with E-state index in [4.69, 9.17) is 4.74 Å². The van der Waals surface area contributed by atoms with Crippen molar-refractivity contribution in [2.24, 2.45) is 5.92 Å². The maximum absolute atomic E-state index is 5.92. The van der Waals surface area contributed by atoms with Crippen LogP contribution < -0.4 is 5.32 Å². The maximum atomic E-state index is 5.92. The highest BCUT2D eigenvalue weighted by molar-refractivity contribution is 7.03. The summed E-state index contributed by atoms with van der Waals surface area (Å²) in [6, 6.07) is 0.561. The summed E-state index contributed by atoms with van der Waals surface area (Å²) >= 11 is 1.41. The summed E-state index contributed by atoms with van der Waals surface area (Å²) in [5.74, 6) is 0.704. The Morgan fingerprint density at radius 1 is 1.50 bits per heavy atom. The molecule has 2 rings (SSSR count). The molecule has 0 aliphatic carbocycles. The number of aromatic nitrogens is 2. The van der Waals surface area contributed by atoms with E-state index in [1.54, 1.807) is 0 Å². The van der Waals surface area contributed by atoms with E-state index in [9.17, 15) is 0 Å². The van der Waals surface area contributed by atoms with Gasteiger partial charge in [-0.1, -0.05) is 31.2 Å². The molecule has 2 atom stereocenters. The first-order chi connectivity index (χ1) is 8.83. The lowest BCUT2D eigenvalue weighted by Crippen LogP contribution is -2.41. The van der Waals surface area contributed by atoms with Crippen LogP contribution in [0.4, 0.5) is 0 Å². The van der Waals surface area contributed by atoms with Crippen LogP contribution >= 0.6 is 11.5 Å². The molecular weight excluding hydrogens is 246 g/mol. The topological polar surface area (TPSA) is 47.0 Å². The van der Waals surface area contributed by atoms with Gasteiger partial charge in [0.2, 0.25) is 0 Å². The van der Waals surface area contributed by atoms with Crippen LogP contribution in [-0.2, 0) is 11.3 Å². The lowest BCUT2D eigenvalue weighted by Gasteiger charge is -2.34. The molecule has 0 aromatic carbocycles. The first kappa shape index (κ1) is 13.9. The summed E-state index contributed by atoms with van der Waals surface area (Å²) < 4.78 is 9.81. The third-order valence-electron chi connectivity index (χ3n) is 3.87. The monoisotopic (exact) mass is 269 g/mol. The summed E-state index contributed by atoms with van der Waals surface area (Å²) in [6.07, 6.45) is 5.09. The molecular formula is C13H23N3OS. The third kappa shape index (κ3) is 3.73. The number of rotatable bonds is 6. The van der Waals surface area contributed by atoms with Crippen molar-refractivity contribution in [3.05, 3.63) is 11.1 Å². The van der Waals surface area contributed by atoms with Gasteiger partial charge in [0.1, 0.15) is 0 Å². The molecule has 0 radical (unpaired) electrons. The highest BCUT2D eigenvalue weighted by Crippen LogP contribution is 2.25. The molecule has 1 saturated heterocycles. The predicted molar refractivity (Wildman–Crippen MR) is 73.6 cm³/mol. The van der Waals surface area contributed by atoms with Crippen LogP contribution in [-0.4, -0.2) is 28.3 Å². The molecule has 5 heteroatoms. The fraction of sp³-hybridized carbons (Fsp3) is 0.846. The van der Waals surface area contributed by atoms with Crippen LogP contribution in [0.1, 0.15) is 45.2 Å². The molecule has 0 unspecified atom stereocenters. The minimum atomic E-state index is 0.430. The lowest BCUT2D eigenvalue weighted by molar-refractivity contribution is -0.0350. The van der Waals surface area contributed by atoms with Crippen molar-refractivity contribution < 1.29 is 4.74 Å². The minimum absolute atomic E-state index is 0.430. The quantitative estimate of drug-likeness (QED) is 0.862. The zero-order chi connectivity index (χ0) is 12.8. The number of nitrogens with one attached hydrogen (secondary N) is 1. The Bertz CT molecular complexity index is 327. The van der Waals surface area contributed by atoms with E-state index in [0.29, 0.717) is 18.1 Å². The second-order valence-corrected chi connectivity index (χ2v) is 5.59. The summed E-state index contributed by atoms with van der Waals surface area (Å²) in [5.41, 5.74) is 1.05. The predicted octanol–water partition coefficient (Wildman–Crippen LogP) is 2.61. The molecule has 4 nitrogen and oxygen atoms in total. The molecule has 1 aromatic heterocycles. The molecule has 1 fully saturated rings. The molecule has 0 amide bonds. The van der Waals surface area contributed by atoms with Gasteiger partial charge in [-0.05, 0) is 30.3 Å². The van der Waals surface area contributed by atoms with Crippen molar-refractivity contribution in [1.29, 1.82) is 0 Å². The first-order valence-corrected chi connectivity index (χ1v) is 7.78. The molecule has 18 heavy (non-hydrogen) atoms. The van der Waals surface area contributed by atoms with Crippen molar-refractivity contribution >= 4 is 11.5 Å². The summed E-state index contributed by atoms with van der Waals surface area (Å²) in [5, 5.41) is 9.65. The standard InChI is InChI=1S/C13H23N3OS/c1-3-10(4-2)13-7-11(5-6-17-13)14-8-12-9-18-16-15-12/h9-11,13-14H,3-8H2,1-2H3/t11-,13+/m1/s1. The van der Waals surface area contributed by atoms with Gasteiger partial charge in [-0.25, -0.2) is 0 Å². The van der Waals surface area contributed by atoms with Gasteiger partial charge in [-0.3, -0.25) is 0 Å². The molecule has 1 N–H and O–H groups in total. The molecule has 0 spiro atoms. The molecule has 2 heterocycles. The van der Waals surface area contributed by atoms with E-state index in [-0.39, 0.29) is 0 Å². The SMILES string of the molecule is CCC(CC)[C@@H]1C[C@H](NCc2csnn2)CCO1. The van der Waals surface area contributed by atoms with Gasteiger partial charge in [-0.2, -0.15) is 0 Å². The van der Waals surface area contributed by atoms with Gasteiger partial charge >= 0.3 is 0 Å². The van der Waals surface area contributed by atoms with Gasteiger partial charge in [0.15, 0.2) is 0 Å².